The molecule has 2 fully saturated rings. The largest absolute Gasteiger partial charge is 0.390 e. The van der Waals surface area contributed by atoms with Gasteiger partial charge in [-0.3, -0.25) is 0 Å². The minimum absolute atomic E-state index is 0.0637. The van der Waals surface area contributed by atoms with Gasteiger partial charge in [0.2, 0.25) is 0 Å². The zero-order chi connectivity index (χ0) is 18.6. The van der Waals surface area contributed by atoms with Crippen molar-refractivity contribution in [3.05, 3.63) is 54.5 Å². The van der Waals surface area contributed by atoms with Crippen LogP contribution in [0.5, 0.6) is 0 Å². The second-order valence-corrected chi connectivity index (χ2v) is 7.70. The fraction of sp³-hybridized carbons (Fsp3) is 0.400. The van der Waals surface area contributed by atoms with Crippen molar-refractivity contribution in [1.29, 1.82) is 0 Å². The maximum atomic E-state index is 10.9. The van der Waals surface area contributed by atoms with E-state index in [-0.39, 0.29) is 12.1 Å². The Hall–Kier alpha value is -2.48. The summed E-state index contributed by atoms with van der Waals surface area (Å²) >= 11 is 0. The predicted octanol–water partition coefficient (Wildman–Crippen LogP) is 1.83. The molecule has 4 N–H and O–H groups in total. The summed E-state index contributed by atoms with van der Waals surface area (Å²) in [6.07, 6.45) is 2.77. The highest BCUT2D eigenvalue weighted by molar-refractivity contribution is 5.86. The lowest BCUT2D eigenvalue weighted by Gasteiger charge is -2.26. The van der Waals surface area contributed by atoms with E-state index in [0.29, 0.717) is 30.9 Å². The van der Waals surface area contributed by atoms with E-state index in [0.717, 1.165) is 10.9 Å². The van der Waals surface area contributed by atoms with Crippen LogP contribution in [-0.2, 0) is 4.74 Å². The van der Waals surface area contributed by atoms with Crippen LogP contribution in [0.25, 0.3) is 11.0 Å². The quantitative estimate of drug-likeness (QED) is 0.639. The first-order valence-corrected chi connectivity index (χ1v) is 9.19. The summed E-state index contributed by atoms with van der Waals surface area (Å²) in [5, 5.41) is 22.5. The maximum Gasteiger partial charge on any atom is 0.145 e. The molecule has 0 radical (unpaired) electrons. The predicted molar refractivity (Wildman–Crippen MR) is 99.8 cm³/mol. The Balaban J connectivity index is 1.47. The molecule has 0 bridgehead atoms. The van der Waals surface area contributed by atoms with Crippen LogP contribution in [0.1, 0.15) is 30.6 Å². The maximum absolute atomic E-state index is 10.9. The Morgan fingerprint density at radius 3 is 2.74 bits per heavy atom. The average Bonchev–Trinajstić information content (AvgIpc) is 3.37. The van der Waals surface area contributed by atoms with Gasteiger partial charge in [0, 0.05) is 11.6 Å². The Morgan fingerprint density at radius 1 is 1.11 bits per heavy atom. The molecule has 1 spiro atoms. The van der Waals surface area contributed by atoms with Gasteiger partial charge in [0.15, 0.2) is 0 Å². The molecule has 1 saturated carbocycles. The van der Waals surface area contributed by atoms with Gasteiger partial charge in [0.1, 0.15) is 23.9 Å². The van der Waals surface area contributed by atoms with Gasteiger partial charge in [0.25, 0.3) is 0 Å². The molecule has 27 heavy (non-hydrogen) atoms. The number of hydrogen-bond acceptors (Lipinski definition) is 6. The fourth-order valence-corrected chi connectivity index (χ4v) is 4.74. The molecule has 3 aromatic rings. The van der Waals surface area contributed by atoms with Crippen molar-refractivity contribution in [2.24, 2.45) is 5.41 Å². The van der Waals surface area contributed by atoms with Gasteiger partial charge in [-0.1, -0.05) is 30.3 Å². The molecular formula is C20H22N4O3. The molecule has 7 heteroatoms. The second-order valence-electron chi connectivity index (χ2n) is 7.70. The molecule has 3 heterocycles. The Bertz CT molecular complexity index is 976. The lowest BCUT2D eigenvalue weighted by molar-refractivity contribution is -0.0309. The van der Waals surface area contributed by atoms with Gasteiger partial charge in [-0.25, -0.2) is 9.97 Å². The highest BCUT2D eigenvalue weighted by Crippen LogP contribution is 2.54. The minimum Gasteiger partial charge on any atom is -0.390 e. The number of aromatic nitrogens is 3. The van der Waals surface area contributed by atoms with E-state index >= 15 is 0 Å². The minimum atomic E-state index is -0.894. The summed E-state index contributed by atoms with van der Waals surface area (Å²) in [5.74, 6) is 0.412. The van der Waals surface area contributed by atoms with E-state index < -0.39 is 17.6 Å². The number of nitrogens with zero attached hydrogens (tertiary/aromatic N) is 3. The van der Waals surface area contributed by atoms with Crippen LogP contribution in [0.3, 0.4) is 0 Å². The highest BCUT2D eigenvalue weighted by atomic mass is 16.5. The van der Waals surface area contributed by atoms with E-state index in [4.69, 9.17) is 10.5 Å². The molecule has 1 aliphatic carbocycles. The Kier molecular flexibility index (Phi) is 3.72. The molecule has 1 aromatic carbocycles. The van der Waals surface area contributed by atoms with Crippen molar-refractivity contribution in [2.45, 2.75) is 37.2 Å². The summed E-state index contributed by atoms with van der Waals surface area (Å²) in [5.41, 5.74) is 7.24. The molecule has 1 saturated heterocycles. The van der Waals surface area contributed by atoms with E-state index in [2.05, 4.69) is 9.97 Å². The molecule has 5 atom stereocenters. The van der Waals surface area contributed by atoms with E-state index in [1.54, 1.807) is 0 Å². The Labute approximate surface area is 156 Å². The normalized spacial score (nSPS) is 33.3. The summed E-state index contributed by atoms with van der Waals surface area (Å²) in [6, 6.07) is 11.6. The van der Waals surface area contributed by atoms with Gasteiger partial charge in [0.05, 0.1) is 30.2 Å². The van der Waals surface area contributed by atoms with E-state index in [1.807, 2.05) is 47.2 Å². The van der Waals surface area contributed by atoms with E-state index in [1.165, 1.54) is 6.33 Å². The summed E-state index contributed by atoms with van der Waals surface area (Å²) in [7, 11) is 0. The fourth-order valence-electron chi connectivity index (χ4n) is 4.74. The van der Waals surface area contributed by atoms with Crippen molar-refractivity contribution in [3.8, 4) is 0 Å². The van der Waals surface area contributed by atoms with Crippen LogP contribution in [0.4, 0.5) is 5.82 Å². The van der Waals surface area contributed by atoms with Crippen LogP contribution in [0.15, 0.2) is 48.9 Å². The van der Waals surface area contributed by atoms with Crippen LogP contribution in [0.2, 0.25) is 0 Å². The smallest absolute Gasteiger partial charge is 0.145 e. The molecule has 140 valence electrons. The number of nitrogens with two attached hydrogens (primary N) is 1. The average molecular weight is 366 g/mol. The molecule has 0 amide bonds. The zero-order valence-electron chi connectivity index (χ0n) is 14.8. The molecular weight excluding hydrogens is 344 g/mol. The third-order valence-electron chi connectivity index (χ3n) is 6.19. The van der Waals surface area contributed by atoms with Gasteiger partial charge < -0.3 is 25.3 Å². The summed E-state index contributed by atoms with van der Waals surface area (Å²) < 4.78 is 7.95. The van der Waals surface area contributed by atoms with Crippen molar-refractivity contribution in [2.75, 3.05) is 12.3 Å². The number of aliphatic hydroxyl groups is 2. The number of anilines is 1. The summed E-state index contributed by atoms with van der Waals surface area (Å²) in [6.45, 7) is 0.428. The van der Waals surface area contributed by atoms with Gasteiger partial charge in [-0.05, 0) is 24.5 Å². The monoisotopic (exact) mass is 366 g/mol. The van der Waals surface area contributed by atoms with Gasteiger partial charge in [-0.2, -0.15) is 0 Å². The standard InChI is InChI=1S/C20H22N4O3/c21-18-13-6-7-24(19(13)23-11-22-18)14-8-20(17(26)16(14)25)9-15(27-10-20)12-4-2-1-3-5-12/h1-7,11,14-17,25-26H,8-10H2,(H2,21,22,23)/t14-,15+,16+,17+,20-/m1/s1. The summed E-state index contributed by atoms with van der Waals surface area (Å²) in [4.78, 5) is 8.35. The number of rotatable bonds is 2. The first-order chi connectivity index (χ1) is 13.1. The number of ether oxygens (including phenoxy) is 1. The van der Waals surface area contributed by atoms with Crippen molar-refractivity contribution in [3.63, 3.8) is 0 Å². The van der Waals surface area contributed by atoms with Crippen LogP contribution < -0.4 is 5.73 Å². The van der Waals surface area contributed by atoms with Crippen molar-refractivity contribution < 1.29 is 14.9 Å². The molecule has 0 unspecified atom stereocenters. The SMILES string of the molecule is Nc1ncnc2c1ccn2[C@@H]1C[C@@]2(CO[C@H](c3ccccc3)C2)[C@@H](O)[C@H]1O. The molecule has 1 aliphatic heterocycles. The molecule has 2 aliphatic rings. The molecule has 5 rings (SSSR count). The highest BCUT2D eigenvalue weighted by Gasteiger charge is 2.57. The first kappa shape index (κ1) is 16.7. The molecule has 2 aromatic heterocycles. The zero-order valence-corrected chi connectivity index (χ0v) is 14.8. The topological polar surface area (TPSA) is 106 Å². The first-order valence-electron chi connectivity index (χ1n) is 9.19. The van der Waals surface area contributed by atoms with Crippen molar-refractivity contribution in [1.82, 2.24) is 14.5 Å². The lowest BCUT2D eigenvalue weighted by Crippen LogP contribution is -2.37. The number of hydrogen-bond donors (Lipinski definition) is 3. The van der Waals surface area contributed by atoms with Crippen LogP contribution in [-0.4, -0.2) is 43.6 Å². The third-order valence-corrected chi connectivity index (χ3v) is 6.19. The third kappa shape index (κ3) is 2.46. The number of benzene rings is 1. The van der Waals surface area contributed by atoms with Gasteiger partial charge in [-0.15, -0.1) is 0 Å². The van der Waals surface area contributed by atoms with Crippen LogP contribution in [0, 0.1) is 5.41 Å². The number of fused-ring (bicyclic) bond motifs is 1. The van der Waals surface area contributed by atoms with E-state index in [9.17, 15) is 10.2 Å². The second kappa shape index (κ2) is 6.02. The van der Waals surface area contributed by atoms with Gasteiger partial charge >= 0.3 is 0 Å². The molecule has 7 nitrogen and oxygen atoms in total. The van der Waals surface area contributed by atoms with Crippen molar-refractivity contribution >= 4 is 16.9 Å². The van der Waals surface area contributed by atoms with Crippen LogP contribution >= 0.6 is 0 Å². The number of aliphatic hydroxyl groups excluding tert-OH is 2. The number of nitrogen functional groups attached to an aromatic ring is 1. The lowest BCUT2D eigenvalue weighted by atomic mass is 9.80. The Morgan fingerprint density at radius 2 is 1.93 bits per heavy atom.